The van der Waals surface area contributed by atoms with Crippen molar-refractivity contribution in [3.8, 4) is 0 Å². The van der Waals surface area contributed by atoms with Gasteiger partial charge in [-0.25, -0.2) is 10.0 Å². The third-order valence-electron chi connectivity index (χ3n) is 4.24. The summed E-state index contributed by atoms with van der Waals surface area (Å²) in [5.74, 6) is 0.898. The Labute approximate surface area is 171 Å². The van der Waals surface area contributed by atoms with Crippen LogP contribution in [0.5, 0.6) is 0 Å². The number of benzene rings is 1. The van der Waals surface area contributed by atoms with Gasteiger partial charge < -0.3 is 16.1 Å². The summed E-state index contributed by atoms with van der Waals surface area (Å²) in [7, 11) is 2.07. The molecule has 0 spiro atoms. The lowest BCUT2D eigenvalue weighted by Crippen LogP contribution is -2.50. The number of aliphatic imine (C=N–C) groups is 1. The molecule has 8 heteroatoms. The Hall–Kier alpha value is -2.32. The van der Waals surface area contributed by atoms with Crippen molar-refractivity contribution in [3.05, 3.63) is 59.9 Å². The zero-order chi connectivity index (χ0) is 22.0. The second-order valence-corrected chi connectivity index (χ2v) is 7.02. The van der Waals surface area contributed by atoms with E-state index in [9.17, 15) is 13.2 Å². The van der Waals surface area contributed by atoms with Gasteiger partial charge in [-0.3, -0.25) is 0 Å². The summed E-state index contributed by atoms with van der Waals surface area (Å²) in [6.07, 6.45) is -0.704. The third kappa shape index (κ3) is 9.15. The van der Waals surface area contributed by atoms with Gasteiger partial charge in [-0.2, -0.15) is 13.2 Å². The van der Waals surface area contributed by atoms with Crippen molar-refractivity contribution in [3.63, 3.8) is 0 Å². The van der Waals surface area contributed by atoms with Gasteiger partial charge in [0.25, 0.3) is 0 Å². The molecule has 1 aliphatic rings. The number of nitrogens with two attached hydrogens (primary N) is 1. The van der Waals surface area contributed by atoms with Crippen LogP contribution in [0.25, 0.3) is 0 Å². The van der Waals surface area contributed by atoms with E-state index >= 15 is 0 Å². The number of likely N-dealkylation sites (N-methyl/N-ethyl adjacent to an activating group) is 1. The minimum absolute atomic E-state index is 0.115. The quantitative estimate of drug-likeness (QED) is 0.437. The van der Waals surface area contributed by atoms with Crippen molar-refractivity contribution in [1.82, 2.24) is 15.3 Å². The molecule has 1 aromatic rings. The molecule has 0 radical (unpaired) electrons. The summed E-state index contributed by atoms with van der Waals surface area (Å²) in [6.45, 7) is 12.4. The van der Waals surface area contributed by atoms with E-state index < -0.39 is 11.7 Å². The highest BCUT2D eigenvalue weighted by atomic mass is 19.4. The molecule has 0 aromatic heterocycles. The molecule has 0 aliphatic carbocycles. The fourth-order valence-electron chi connectivity index (χ4n) is 2.68. The van der Waals surface area contributed by atoms with Crippen LogP contribution in [-0.2, 0) is 6.18 Å². The van der Waals surface area contributed by atoms with Crippen molar-refractivity contribution >= 4 is 5.84 Å². The number of nitrogens with zero attached hydrogens (tertiary/aromatic N) is 3. The van der Waals surface area contributed by atoms with Gasteiger partial charge in [-0.1, -0.05) is 25.1 Å². The van der Waals surface area contributed by atoms with E-state index in [0.717, 1.165) is 43.9 Å². The Morgan fingerprint density at radius 1 is 1.21 bits per heavy atom. The number of hydrogen-bond donors (Lipinski definition) is 2. The van der Waals surface area contributed by atoms with Crippen LogP contribution < -0.4 is 11.2 Å². The highest BCUT2D eigenvalue weighted by Gasteiger charge is 2.30. The van der Waals surface area contributed by atoms with Crippen LogP contribution in [0.1, 0.15) is 37.8 Å². The van der Waals surface area contributed by atoms with Gasteiger partial charge in [0, 0.05) is 32.1 Å². The molecule has 2 rings (SSSR count). The fraction of sp³-hybridized carbons (Fsp3) is 0.476. The average molecular weight is 412 g/mol. The van der Waals surface area contributed by atoms with Crippen molar-refractivity contribution < 1.29 is 13.2 Å². The Morgan fingerprint density at radius 2 is 1.72 bits per heavy atom. The van der Waals surface area contributed by atoms with Crippen molar-refractivity contribution in [2.45, 2.75) is 32.9 Å². The average Bonchev–Trinajstić information content (AvgIpc) is 2.63. The molecule has 1 unspecified atom stereocenters. The first kappa shape index (κ1) is 24.7. The molecule has 1 atom stereocenters. The molecule has 5 nitrogen and oxygen atoms in total. The number of amidine groups is 1. The van der Waals surface area contributed by atoms with Gasteiger partial charge in [0.05, 0.1) is 11.4 Å². The number of alkyl halides is 3. The Balaban J connectivity index is 0.00000132. The van der Waals surface area contributed by atoms with Gasteiger partial charge in [0.1, 0.15) is 5.82 Å². The Kier molecular flexibility index (Phi) is 9.91. The second kappa shape index (κ2) is 11.6. The molecule has 3 N–H and O–H groups in total. The van der Waals surface area contributed by atoms with E-state index in [1.54, 1.807) is 13.0 Å². The van der Waals surface area contributed by atoms with E-state index in [2.05, 4.69) is 34.0 Å². The number of halogens is 3. The number of allylic oxidation sites excluding steroid dienone is 2. The smallest absolute Gasteiger partial charge is 0.387 e. The first-order valence-corrected chi connectivity index (χ1v) is 9.53. The van der Waals surface area contributed by atoms with E-state index in [1.165, 1.54) is 12.1 Å². The van der Waals surface area contributed by atoms with E-state index in [4.69, 9.17) is 5.73 Å². The van der Waals surface area contributed by atoms with Crippen LogP contribution in [-0.4, -0.2) is 49.0 Å². The molecule has 29 heavy (non-hydrogen) atoms. The third-order valence-corrected chi connectivity index (χ3v) is 4.24. The van der Waals surface area contributed by atoms with Gasteiger partial charge >= 0.3 is 6.18 Å². The van der Waals surface area contributed by atoms with Crippen LogP contribution in [0.4, 0.5) is 13.2 Å². The van der Waals surface area contributed by atoms with Crippen LogP contribution in [0.2, 0.25) is 0 Å². The summed E-state index contributed by atoms with van der Waals surface area (Å²) in [6, 6.07) is 5.20. The highest BCUT2D eigenvalue weighted by Crippen LogP contribution is 2.30. The summed E-state index contributed by atoms with van der Waals surface area (Å²) < 4.78 is 38.1. The van der Waals surface area contributed by atoms with Crippen molar-refractivity contribution in [1.29, 1.82) is 0 Å². The zero-order valence-electron chi connectivity index (χ0n) is 17.6. The minimum atomic E-state index is -4.33. The molecule has 0 amide bonds. The summed E-state index contributed by atoms with van der Waals surface area (Å²) >= 11 is 0. The number of hydrogen-bond acceptors (Lipinski definition) is 4. The van der Waals surface area contributed by atoms with Crippen LogP contribution >= 0.6 is 0 Å². The first-order valence-electron chi connectivity index (χ1n) is 9.53. The Morgan fingerprint density at radius 3 is 2.17 bits per heavy atom. The van der Waals surface area contributed by atoms with Gasteiger partial charge in [-0.05, 0) is 44.7 Å². The highest BCUT2D eigenvalue weighted by molar-refractivity contribution is 5.78. The molecular formula is C21H32F3N5. The maximum Gasteiger partial charge on any atom is 0.416 e. The maximum atomic E-state index is 12.7. The predicted octanol–water partition coefficient (Wildman–Crippen LogP) is 3.97. The summed E-state index contributed by atoms with van der Waals surface area (Å²) in [5, 5.41) is 2.07. The minimum Gasteiger partial charge on any atom is -0.387 e. The number of hydrazine groups is 1. The topological polar surface area (TPSA) is 56.9 Å². The van der Waals surface area contributed by atoms with Crippen LogP contribution in [0, 0.1) is 0 Å². The molecule has 162 valence electrons. The molecule has 1 heterocycles. The Bertz CT molecular complexity index is 683. The lowest BCUT2D eigenvalue weighted by Gasteiger charge is -2.33. The van der Waals surface area contributed by atoms with E-state index in [0.29, 0.717) is 11.7 Å². The van der Waals surface area contributed by atoms with E-state index in [1.807, 2.05) is 19.9 Å². The molecule has 1 aromatic carbocycles. The van der Waals surface area contributed by atoms with Gasteiger partial charge in [0.15, 0.2) is 0 Å². The van der Waals surface area contributed by atoms with Gasteiger partial charge in [-0.15, -0.1) is 6.58 Å². The lowest BCUT2D eigenvalue weighted by molar-refractivity contribution is -0.137. The summed E-state index contributed by atoms with van der Waals surface area (Å²) in [4.78, 5) is 6.56. The summed E-state index contributed by atoms with van der Waals surface area (Å²) in [5.41, 5.74) is 9.11. The number of piperazine rings is 1. The van der Waals surface area contributed by atoms with Crippen LogP contribution in [0.3, 0.4) is 0 Å². The second-order valence-electron chi connectivity index (χ2n) is 7.02. The molecule has 1 saturated heterocycles. The molecular weight excluding hydrogens is 379 g/mol. The molecule has 1 aliphatic heterocycles. The SMILES string of the molecule is C/C(N)=N\C(=C/C(C)c1ccc(C(F)(F)F)cc1)NN1CCN(C)CC1.C=CC. The molecule has 1 fully saturated rings. The van der Waals surface area contributed by atoms with Crippen LogP contribution in [0.15, 0.2) is 53.8 Å². The first-order chi connectivity index (χ1) is 13.6. The van der Waals surface area contributed by atoms with Gasteiger partial charge in [0.2, 0.25) is 0 Å². The largest absolute Gasteiger partial charge is 0.416 e. The molecule has 0 saturated carbocycles. The molecule has 0 bridgehead atoms. The predicted molar refractivity (Wildman–Crippen MR) is 113 cm³/mol. The normalized spacial score (nSPS) is 17.9. The zero-order valence-corrected chi connectivity index (χ0v) is 17.6. The standard InChI is InChI=1S/C18H26F3N5.C3H6/c1-13(15-4-6-16(7-5-15)18(19,20)21)12-17(23-14(2)22)24-26-10-8-25(3)9-11-26;1-3-2/h4-7,12-13,24H,8-11H2,1-3H3,(H2,22,23);3H,1H2,2H3/b17-12+;. The number of nitrogens with one attached hydrogen (secondary N) is 1. The van der Waals surface area contributed by atoms with E-state index in [-0.39, 0.29) is 5.92 Å². The maximum absolute atomic E-state index is 12.7. The van der Waals surface area contributed by atoms with Crippen molar-refractivity contribution in [2.75, 3.05) is 33.2 Å². The number of rotatable bonds is 5. The fourth-order valence-corrected chi connectivity index (χ4v) is 2.68. The van der Waals surface area contributed by atoms with Crippen molar-refractivity contribution in [2.24, 2.45) is 10.7 Å². The monoisotopic (exact) mass is 411 g/mol. The lowest BCUT2D eigenvalue weighted by atomic mass is 9.99.